The third kappa shape index (κ3) is 4.37. The predicted octanol–water partition coefficient (Wildman–Crippen LogP) is 3.37. The van der Waals surface area contributed by atoms with E-state index >= 15 is 0 Å². The van der Waals surface area contributed by atoms with Crippen molar-refractivity contribution in [3.8, 4) is 0 Å². The maximum absolute atomic E-state index is 11.5. The van der Waals surface area contributed by atoms with E-state index in [4.69, 9.17) is 4.42 Å². The van der Waals surface area contributed by atoms with Gasteiger partial charge in [-0.05, 0) is 42.8 Å². The van der Waals surface area contributed by atoms with Gasteiger partial charge < -0.3 is 9.73 Å². The van der Waals surface area contributed by atoms with Gasteiger partial charge in [0.2, 0.25) is 5.91 Å². The summed E-state index contributed by atoms with van der Waals surface area (Å²) in [6.07, 6.45) is 5.27. The summed E-state index contributed by atoms with van der Waals surface area (Å²) in [6.45, 7) is 0.483. The molecular formula is C14H17NO2S. The molecule has 2 rings (SSSR count). The molecule has 18 heavy (non-hydrogen) atoms. The monoisotopic (exact) mass is 263 g/mol. The molecule has 0 saturated heterocycles. The van der Waals surface area contributed by atoms with E-state index in [0.717, 1.165) is 25.0 Å². The maximum Gasteiger partial charge on any atom is 0.220 e. The third-order valence-corrected chi connectivity index (χ3v) is 3.63. The number of thiophene rings is 1. The van der Waals surface area contributed by atoms with E-state index in [2.05, 4.69) is 22.8 Å². The van der Waals surface area contributed by atoms with Crippen LogP contribution in [-0.2, 0) is 17.8 Å². The zero-order valence-corrected chi connectivity index (χ0v) is 11.0. The summed E-state index contributed by atoms with van der Waals surface area (Å²) in [6, 6.07) is 7.89. The number of nitrogens with one attached hydrogen (secondary N) is 1. The molecule has 0 saturated carbocycles. The van der Waals surface area contributed by atoms with Gasteiger partial charge in [0.1, 0.15) is 5.76 Å². The van der Waals surface area contributed by atoms with E-state index in [1.807, 2.05) is 12.1 Å². The number of amides is 1. The predicted molar refractivity (Wildman–Crippen MR) is 72.4 cm³/mol. The van der Waals surface area contributed by atoms with Gasteiger partial charge >= 0.3 is 0 Å². The van der Waals surface area contributed by atoms with E-state index < -0.39 is 0 Å². The molecule has 0 aliphatic rings. The first-order chi connectivity index (χ1) is 8.84. The highest BCUT2D eigenvalue weighted by Crippen LogP contribution is 2.12. The fourth-order valence-corrected chi connectivity index (χ4v) is 2.48. The lowest BCUT2D eigenvalue weighted by Crippen LogP contribution is -2.22. The van der Waals surface area contributed by atoms with E-state index in [0.29, 0.717) is 13.0 Å². The number of aryl methyl sites for hydroxylation is 1. The van der Waals surface area contributed by atoms with Gasteiger partial charge in [0.05, 0.1) is 12.8 Å². The molecule has 4 heteroatoms. The zero-order valence-electron chi connectivity index (χ0n) is 10.2. The lowest BCUT2D eigenvalue weighted by atomic mass is 10.1. The van der Waals surface area contributed by atoms with Gasteiger partial charge in [0.15, 0.2) is 0 Å². The molecule has 0 fully saturated rings. The molecule has 96 valence electrons. The Bertz CT molecular complexity index is 448. The maximum atomic E-state index is 11.5. The number of hydrogen-bond acceptors (Lipinski definition) is 3. The van der Waals surface area contributed by atoms with Gasteiger partial charge in [0, 0.05) is 11.3 Å². The van der Waals surface area contributed by atoms with Crippen molar-refractivity contribution in [3.63, 3.8) is 0 Å². The molecule has 2 aromatic rings. The van der Waals surface area contributed by atoms with Crippen molar-refractivity contribution in [1.82, 2.24) is 5.32 Å². The molecule has 0 aliphatic heterocycles. The van der Waals surface area contributed by atoms with Crippen molar-refractivity contribution in [2.75, 3.05) is 0 Å². The molecule has 0 spiro atoms. The Labute approximate surface area is 111 Å². The fraction of sp³-hybridized carbons (Fsp3) is 0.357. The summed E-state index contributed by atoms with van der Waals surface area (Å²) in [5, 5.41) is 4.94. The molecular weight excluding hydrogens is 246 g/mol. The van der Waals surface area contributed by atoms with Crippen LogP contribution in [0.15, 0.2) is 40.3 Å². The lowest BCUT2D eigenvalue weighted by molar-refractivity contribution is -0.121. The second-order valence-corrected chi connectivity index (χ2v) is 5.17. The lowest BCUT2D eigenvalue weighted by Gasteiger charge is -2.03. The Morgan fingerprint density at radius 3 is 2.94 bits per heavy atom. The van der Waals surface area contributed by atoms with Crippen LogP contribution >= 0.6 is 11.3 Å². The summed E-state index contributed by atoms with van der Waals surface area (Å²) in [7, 11) is 0. The SMILES string of the molecule is O=C(CCCCc1cccs1)NCc1ccco1. The molecule has 1 N–H and O–H groups in total. The summed E-state index contributed by atoms with van der Waals surface area (Å²) in [4.78, 5) is 12.9. The van der Waals surface area contributed by atoms with Crippen LogP contribution in [0.2, 0.25) is 0 Å². The Hall–Kier alpha value is -1.55. The van der Waals surface area contributed by atoms with Crippen LogP contribution in [0.1, 0.15) is 29.9 Å². The first-order valence-electron chi connectivity index (χ1n) is 6.16. The minimum Gasteiger partial charge on any atom is -0.467 e. The Balaban J connectivity index is 1.55. The van der Waals surface area contributed by atoms with Crippen LogP contribution < -0.4 is 5.32 Å². The summed E-state index contributed by atoms with van der Waals surface area (Å²) >= 11 is 1.78. The number of rotatable bonds is 7. The van der Waals surface area contributed by atoms with Crippen molar-refractivity contribution in [3.05, 3.63) is 46.5 Å². The smallest absolute Gasteiger partial charge is 0.220 e. The number of carbonyl (C=O) groups is 1. The standard InChI is InChI=1S/C14H17NO2S/c16-14(15-11-12-5-3-9-17-12)8-2-1-6-13-7-4-10-18-13/h3-5,7,9-10H,1-2,6,8,11H2,(H,15,16). The summed E-state index contributed by atoms with van der Waals surface area (Å²) in [5.41, 5.74) is 0. The average molecular weight is 263 g/mol. The van der Waals surface area contributed by atoms with Gasteiger partial charge in [-0.1, -0.05) is 6.07 Å². The van der Waals surface area contributed by atoms with Crippen molar-refractivity contribution < 1.29 is 9.21 Å². The van der Waals surface area contributed by atoms with Crippen LogP contribution in [0.4, 0.5) is 0 Å². The first kappa shape index (κ1) is 12.9. The molecule has 3 nitrogen and oxygen atoms in total. The third-order valence-electron chi connectivity index (χ3n) is 2.70. The topological polar surface area (TPSA) is 42.2 Å². The Kier molecular flexibility index (Phi) is 5.02. The van der Waals surface area contributed by atoms with Crippen LogP contribution in [-0.4, -0.2) is 5.91 Å². The zero-order chi connectivity index (χ0) is 12.6. The Morgan fingerprint density at radius 1 is 1.28 bits per heavy atom. The second kappa shape index (κ2) is 7.01. The molecule has 0 aliphatic carbocycles. The second-order valence-electron chi connectivity index (χ2n) is 4.14. The molecule has 0 unspecified atom stereocenters. The number of furan rings is 1. The highest BCUT2D eigenvalue weighted by molar-refractivity contribution is 7.09. The molecule has 0 atom stereocenters. The van der Waals surface area contributed by atoms with Crippen molar-refractivity contribution in [2.24, 2.45) is 0 Å². The normalized spacial score (nSPS) is 10.4. The summed E-state index contributed by atoms with van der Waals surface area (Å²) in [5.74, 6) is 0.888. The summed E-state index contributed by atoms with van der Waals surface area (Å²) < 4.78 is 5.15. The van der Waals surface area contributed by atoms with Gasteiger partial charge in [-0.15, -0.1) is 11.3 Å². The van der Waals surface area contributed by atoms with E-state index in [1.165, 1.54) is 4.88 Å². The largest absolute Gasteiger partial charge is 0.467 e. The van der Waals surface area contributed by atoms with Gasteiger partial charge in [-0.3, -0.25) is 4.79 Å². The minimum absolute atomic E-state index is 0.0950. The number of carbonyl (C=O) groups excluding carboxylic acids is 1. The highest BCUT2D eigenvalue weighted by Gasteiger charge is 2.02. The number of hydrogen-bond donors (Lipinski definition) is 1. The van der Waals surface area contributed by atoms with Crippen LogP contribution in [0.5, 0.6) is 0 Å². The molecule has 2 aromatic heterocycles. The average Bonchev–Trinajstić information content (AvgIpc) is 3.04. The number of unbranched alkanes of at least 4 members (excludes halogenated alkanes) is 1. The Morgan fingerprint density at radius 2 is 2.22 bits per heavy atom. The molecule has 1 amide bonds. The van der Waals surface area contributed by atoms with Crippen molar-refractivity contribution >= 4 is 17.2 Å². The molecule has 0 radical (unpaired) electrons. The quantitative estimate of drug-likeness (QED) is 0.778. The van der Waals surface area contributed by atoms with Crippen LogP contribution in [0.25, 0.3) is 0 Å². The van der Waals surface area contributed by atoms with Crippen molar-refractivity contribution in [1.29, 1.82) is 0 Å². The van der Waals surface area contributed by atoms with Gasteiger partial charge in [0.25, 0.3) is 0 Å². The van der Waals surface area contributed by atoms with Gasteiger partial charge in [-0.2, -0.15) is 0 Å². The van der Waals surface area contributed by atoms with Crippen LogP contribution in [0, 0.1) is 0 Å². The van der Waals surface area contributed by atoms with E-state index in [1.54, 1.807) is 17.6 Å². The van der Waals surface area contributed by atoms with Crippen LogP contribution in [0.3, 0.4) is 0 Å². The first-order valence-corrected chi connectivity index (χ1v) is 7.04. The van der Waals surface area contributed by atoms with Crippen molar-refractivity contribution in [2.45, 2.75) is 32.2 Å². The van der Waals surface area contributed by atoms with E-state index in [-0.39, 0.29) is 5.91 Å². The fourth-order valence-electron chi connectivity index (χ4n) is 1.73. The van der Waals surface area contributed by atoms with E-state index in [9.17, 15) is 4.79 Å². The molecule has 0 bridgehead atoms. The molecule has 2 heterocycles. The highest BCUT2D eigenvalue weighted by atomic mass is 32.1. The minimum atomic E-state index is 0.0950. The van der Waals surface area contributed by atoms with Gasteiger partial charge in [-0.25, -0.2) is 0 Å². The molecule has 0 aromatic carbocycles.